The number of aromatic nitrogens is 4. The molecule has 126 valence electrons. The highest BCUT2D eigenvalue weighted by molar-refractivity contribution is 7.91. The number of imidazole rings is 1. The normalized spacial score (nSPS) is 12.3. The molecule has 0 saturated heterocycles. The third-order valence-electron chi connectivity index (χ3n) is 3.47. The fourth-order valence-electron chi connectivity index (χ4n) is 2.24. The maximum atomic E-state index is 11.4. The van der Waals surface area contributed by atoms with Gasteiger partial charge in [-0.3, -0.25) is 0 Å². The van der Waals surface area contributed by atoms with Gasteiger partial charge in [-0.05, 0) is 19.1 Å². The van der Waals surface area contributed by atoms with E-state index >= 15 is 0 Å². The summed E-state index contributed by atoms with van der Waals surface area (Å²) in [5.41, 5.74) is 1.55. The molecule has 3 aromatic rings. The second kappa shape index (κ2) is 7.50. The van der Waals surface area contributed by atoms with Crippen LogP contribution in [0.1, 0.15) is 6.92 Å². The molecule has 0 aliphatic heterocycles. The predicted molar refractivity (Wildman–Crippen MR) is 91.8 cm³/mol. The molecule has 0 aliphatic rings. The average molecular weight is 346 g/mol. The number of nitrogens with zero attached hydrogens (tertiary/aromatic N) is 4. The van der Waals surface area contributed by atoms with Crippen molar-refractivity contribution in [1.29, 1.82) is 0 Å². The Morgan fingerprint density at radius 3 is 2.92 bits per heavy atom. The Labute approximate surface area is 142 Å². The molecule has 7 nitrogen and oxygen atoms in total. The number of hydrogen-bond donors (Lipinski definition) is 0. The van der Waals surface area contributed by atoms with Gasteiger partial charge in [0.15, 0.2) is 0 Å². The van der Waals surface area contributed by atoms with Crippen molar-refractivity contribution in [3.8, 4) is 22.8 Å². The first-order valence-corrected chi connectivity index (χ1v) is 9.02. The van der Waals surface area contributed by atoms with E-state index in [4.69, 9.17) is 9.47 Å². The molecule has 1 atom stereocenters. The van der Waals surface area contributed by atoms with Crippen LogP contribution >= 0.6 is 0 Å². The summed E-state index contributed by atoms with van der Waals surface area (Å²) in [7, 11) is 1.60. The van der Waals surface area contributed by atoms with Crippen LogP contribution in [-0.4, -0.2) is 49.4 Å². The Morgan fingerprint density at radius 2 is 2.17 bits per heavy atom. The number of benzene rings is 1. The lowest BCUT2D eigenvalue weighted by atomic mass is 10.1. The van der Waals surface area contributed by atoms with Crippen molar-refractivity contribution in [2.75, 3.05) is 25.2 Å². The van der Waals surface area contributed by atoms with E-state index in [1.54, 1.807) is 36.3 Å². The summed E-state index contributed by atoms with van der Waals surface area (Å²) < 4.78 is 24.1. The van der Waals surface area contributed by atoms with Crippen LogP contribution in [0, 0.1) is 0 Å². The van der Waals surface area contributed by atoms with Crippen LogP contribution in [0.3, 0.4) is 0 Å². The smallest absolute Gasteiger partial charge is 0.251 e. The van der Waals surface area contributed by atoms with Crippen LogP contribution < -0.4 is 9.47 Å². The molecule has 0 spiro atoms. The lowest BCUT2D eigenvalue weighted by Gasteiger charge is -2.12. The number of fused-ring (bicyclic) bond motifs is 1. The summed E-state index contributed by atoms with van der Waals surface area (Å²) in [4.78, 5) is 8.61. The maximum Gasteiger partial charge on any atom is 0.251 e. The molecule has 0 bridgehead atoms. The summed E-state index contributed by atoms with van der Waals surface area (Å²) in [5, 5.41) is 4.16. The fourth-order valence-corrected chi connectivity index (χ4v) is 2.79. The van der Waals surface area contributed by atoms with Gasteiger partial charge in [0.1, 0.15) is 29.6 Å². The molecular weight excluding hydrogens is 328 g/mol. The Hall–Kier alpha value is -2.32. The molecule has 0 N–H and O–H groups in total. The molecule has 1 unspecified atom stereocenters. The minimum Gasteiger partial charge on any atom is -0.616 e. The van der Waals surface area contributed by atoms with Crippen molar-refractivity contribution in [2.24, 2.45) is 0 Å². The second-order valence-electron chi connectivity index (χ2n) is 4.96. The molecule has 2 aromatic heterocycles. The molecule has 0 amide bonds. The standard InChI is InChI=1S/C16H18N4O3S/c1-3-24(21)9-8-23-12-4-5-13(15(10-12)22-2)14-11-20-16(19-14)17-6-7-18-20/h4-7,10-11H,3,8-9H2,1-2H3. The molecule has 0 radical (unpaired) electrons. The van der Waals surface area contributed by atoms with Gasteiger partial charge in [-0.2, -0.15) is 5.10 Å². The van der Waals surface area contributed by atoms with Crippen molar-refractivity contribution in [1.82, 2.24) is 19.6 Å². The highest BCUT2D eigenvalue weighted by atomic mass is 32.2. The van der Waals surface area contributed by atoms with E-state index in [9.17, 15) is 4.55 Å². The first kappa shape index (κ1) is 16.5. The predicted octanol–water partition coefficient (Wildman–Crippen LogP) is 1.95. The molecule has 0 fully saturated rings. The largest absolute Gasteiger partial charge is 0.616 e. The first-order valence-electron chi connectivity index (χ1n) is 7.54. The van der Waals surface area contributed by atoms with E-state index < -0.39 is 11.2 Å². The zero-order valence-electron chi connectivity index (χ0n) is 13.5. The van der Waals surface area contributed by atoms with Crippen LogP contribution in [0.4, 0.5) is 0 Å². The van der Waals surface area contributed by atoms with Crippen LogP contribution in [-0.2, 0) is 11.2 Å². The zero-order chi connectivity index (χ0) is 16.9. The third-order valence-corrected chi connectivity index (χ3v) is 4.73. The van der Waals surface area contributed by atoms with Gasteiger partial charge in [0.05, 0.1) is 31.4 Å². The van der Waals surface area contributed by atoms with Gasteiger partial charge in [0.25, 0.3) is 5.78 Å². The van der Waals surface area contributed by atoms with Crippen molar-refractivity contribution < 1.29 is 14.0 Å². The molecule has 0 saturated carbocycles. The molecular formula is C16H18N4O3S. The van der Waals surface area contributed by atoms with Gasteiger partial charge in [0.2, 0.25) is 0 Å². The fraction of sp³-hybridized carbons (Fsp3) is 0.312. The Kier molecular flexibility index (Phi) is 5.17. The molecule has 24 heavy (non-hydrogen) atoms. The lowest BCUT2D eigenvalue weighted by molar-refractivity contribution is 0.337. The Balaban J connectivity index is 1.81. The SMILES string of the molecule is CC[S+]([O-])CCOc1ccc(-c2cn3nccnc3n2)c(OC)c1. The Bertz CT molecular complexity index is 791. The zero-order valence-corrected chi connectivity index (χ0v) is 14.3. The minimum atomic E-state index is -0.834. The van der Waals surface area contributed by atoms with Crippen LogP contribution in [0.5, 0.6) is 11.5 Å². The number of rotatable bonds is 7. The van der Waals surface area contributed by atoms with Gasteiger partial charge in [-0.15, -0.1) is 0 Å². The van der Waals surface area contributed by atoms with Gasteiger partial charge in [-0.25, -0.2) is 14.5 Å². The molecule has 1 aromatic carbocycles. The van der Waals surface area contributed by atoms with E-state index in [-0.39, 0.29) is 0 Å². The van der Waals surface area contributed by atoms with Crippen LogP contribution in [0.25, 0.3) is 17.0 Å². The van der Waals surface area contributed by atoms with E-state index in [1.165, 1.54) is 0 Å². The first-order chi connectivity index (χ1) is 11.7. The highest BCUT2D eigenvalue weighted by Crippen LogP contribution is 2.32. The van der Waals surface area contributed by atoms with Gasteiger partial charge in [-0.1, -0.05) is 11.2 Å². The quantitative estimate of drug-likeness (QED) is 0.608. The molecule has 0 aliphatic carbocycles. The van der Waals surface area contributed by atoms with Gasteiger partial charge in [0, 0.05) is 11.6 Å². The van der Waals surface area contributed by atoms with E-state index in [0.29, 0.717) is 35.4 Å². The number of ether oxygens (including phenoxy) is 2. The van der Waals surface area contributed by atoms with Crippen molar-refractivity contribution in [3.63, 3.8) is 0 Å². The lowest BCUT2D eigenvalue weighted by Crippen LogP contribution is -2.15. The third kappa shape index (κ3) is 3.60. The highest BCUT2D eigenvalue weighted by Gasteiger charge is 2.12. The van der Waals surface area contributed by atoms with Gasteiger partial charge < -0.3 is 14.0 Å². The van der Waals surface area contributed by atoms with Crippen molar-refractivity contribution in [3.05, 3.63) is 36.8 Å². The van der Waals surface area contributed by atoms with E-state index in [1.807, 2.05) is 19.1 Å². The van der Waals surface area contributed by atoms with Crippen molar-refractivity contribution in [2.45, 2.75) is 6.92 Å². The number of hydrogen-bond acceptors (Lipinski definition) is 6. The molecule has 3 rings (SSSR count). The Morgan fingerprint density at radius 1 is 1.29 bits per heavy atom. The van der Waals surface area contributed by atoms with E-state index in [2.05, 4.69) is 15.1 Å². The van der Waals surface area contributed by atoms with Crippen LogP contribution in [0.2, 0.25) is 0 Å². The van der Waals surface area contributed by atoms with E-state index in [0.717, 1.165) is 11.3 Å². The summed E-state index contributed by atoms with van der Waals surface area (Å²) >= 11 is -0.834. The summed E-state index contributed by atoms with van der Waals surface area (Å²) in [6.45, 7) is 2.30. The number of methoxy groups -OCH3 is 1. The second-order valence-corrected chi connectivity index (χ2v) is 6.82. The van der Waals surface area contributed by atoms with Gasteiger partial charge >= 0.3 is 0 Å². The van der Waals surface area contributed by atoms with Crippen molar-refractivity contribution >= 4 is 17.0 Å². The summed E-state index contributed by atoms with van der Waals surface area (Å²) in [6.07, 6.45) is 5.00. The molecule has 2 heterocycles. The molecule has 8 heteroatoms. The topological polar surface area (TPSA) is 84.6 Å². The maximum absolute atomic E-state index is 11.4. The summed E-state index contributed by atoms with van der Waals surface area (Å²) in [5.74, 6) is 3.00. The summed E-state index contributed by atoms with van der Waals surface area (Å²) in [6, 6.07) is 5.53. The van der Waals surface area contributed by atoms with Crippen LogP contribution in [0.15, 0.2) is 36.8 Å². The average Bonchev–Trinajstić information content (AvgIpc) is 3.05. The minimum absolute atomic E-state index is 0.408. The monoisotopic (exact) mass is 346 g/mol.